The van der Waals surface area contributed by atoms with E-state index in [1.54, 1.807) is 11.1 Å². The highest BCUT2D eigenvalue weighted by Gasteiger charge is 2.29. The fourth-order valence-electron chi connectivity index (χ4n) is 3.59. The van der Waals surface area contributed by atoms with Gasteiger partial charge in [-0.25, -0.2) is 13.2 Å². The van der Waals surface area contributed by atoms with Crippen LogP contribution in [0.25, 0.3) is 0 Å². The van der Waals surface area contributed by atoms with E-state index in [1.165, 1.54) is 0 Å². The molecule has 1 aliphatic rings. The van der Waals surface area contributed by atoms with Gasteiger partial charge in [0.2, 0.25) is 5.91 Å². The zero-order chi connectivity index (χ0) is 23.7. The molecule has 1 aliphatic heterocycles. The summed E-state index contributed by atoms with van der Waals surface area (Å²) < 4.78 is 28.6. The van der Waals surface area contributed by atoms with Gasteiger partial charge < -0.3 is 15.0 Å². The zero-order valence-electron chi connectivity index (χ0n) is 18.7. The first-order valence-electron chi connectivity index (χ1n) is 10.8. The number of rotatable bonds is 9. The fourth-order valence-corrected chi connectivity index (χ4v) is 4.26. The number of hydrogen-bond acceptors (Lipinski definition) is 7. The minimum Gasteiger partial charge on any atom is -0.445 e. The van der Waals surface area contributed by atoms with Crippen molar-refractivity contribution in [2.24, 2.45) is 0 Å². The van der Waals surface area contributed by atoms with E-state index in [9.17, 15) is 18.0 Å². The molecule has 1 fully saturated rings. The van der Waals surface area contributed by atoms with Gasteiger partial charge >= 0.3 is 6.09 Å². The number of carbonyl (C=O) groups is 2. The van der Waals surface area contributed by atoms with Crippen molar-refractivity contribution in [3.05, 3.63) is 66.0 Å². The molecule has 0 saturated carbocycles. The number of aromatic nitrogens is 1. The van der Waals surface area contributed by atoms with E-state index in [4.69, 9.17) is 4.74 Å². The van der Waals surface area contributed by atoms with Crippen molar-refractivity contribution in [2.75, 3.05) is 38.2 Å². The highest BCUT2D eigenvalue weighted by atomic mass is 32.2. The molecule has 0 spiro atoms. The summed E-state index contributed by atoms with van der Waals surface area (Å²) in [6.45, 7) is 3.16. The van der Waals surface area contributed by atoms with Gasteiger partial charge in [0.1, 0.15) is 22.5 Å². The molecule has 0 aliphatic carbocycles. The van der Waals surface area contributed by atoms with Crippen LogP contribution in [0.4, 0.5) is 4.79 Å². The Kier molecular flexibility index (Phi) is 8.79. The van der Waals surface area contributed by atoms with E-state index in [2.05, 4.69) is 15.2 Å². The van der Waals surface area contributed by atoms with Gasteiger partial charge in [0, 0.05) is 51.4 Å². The fraction of sp³-hybridized carbons (Fsp3) is 0.435. The molecule has 10 heteroatoms. The maximum Gasteiger partial charge on any atom is 0.408 e. The summed E-state index contributed by atoms with van der Waals surface area (Å²) in [5, 5.41) is 2.57. The summed E-state index contributed by atoms with van der Waals surface area (Å²) in [7, 11) is -3.29. The molecule has 1 N–H and O–H groups in total. The van der Waals surface area contributed by atoms with Crippen LogP contribution >= 0.6 is 0 Å². The van der Waals surface area contributed by atoms with Gasteiger partial charge in [-0.3, -0.25) is 14.7 Å². The number of nitrogens with one attached hydrogen (secondary N) is 1. The lowest BCUT2D eigenvalue weighted by molar-refractivity contribution is -0.135. The monoisotopic (exact) mass is 474 g/mol. The van der Waals surface area contributed by atoms with E-state index in [0.29, 0.717) is 26.2 Å². The summed E-state index contributed by atoms with van der Waals surface area (Å²) in [4.78, 5) is 33.5. The first-order valence-corrected chi connectivity index (χ1v) is 12.9. The van der Waals surface area contributed by atoms with Crippen molar-refractivity contribution in [1.82, 2.24) is 20.1 Å². The quantitative estimate of drug-likeness (QED) is 0.586. The molecule has 1 aromatic heterocycles. The van der Waals surface area contributed by atoms with Crippen molar-refractivity contribution in [3.63, 3.8) is 0 Å². The molecule has 1 aromatic carbocycles. The molecule has 1 atom stereocenters. The van der Waals surface area contributed by atoms with Crippen LogP contribution < -0.4 is 5.32 Å². The summed E-state index contributed by atoms with van der Waals surface area (Å²) in [6, 6.07) is 12.1. The maximum atomic E-state index is 13.1. The molecule has 0 radical (unpaired) electrons. The Balaban J connectivity index is 1.55. The Morgan fingerprint density at radius 1 is 1.06 bits per heavy atom. The van der Waals surface area contributed by atoms with Crippen molar-refractivity contribution >= 4 is 21.8 Å². The van der Waals surface area contributed by atoms with E-state index >= 15 is 0 Å². The molecular weight excluding hydrogens is 444 g/mol. The predicted octanol–water partition coefficient (Wildman–Crippen LogP) is 1.46. The average Bonchev–Trinajstić information content (AvgIpc) is 2.81. The van der Waals surface area contributed by atoms with Crippen molar-refractivity contribution in [2.45, 2.75) is 25.6 Å². The maximum absolute atomic E-state index is 13.1. The predicted molar refractivity (Wildman–Crippen MR) is 124 cm³/mol. The van der Waals surface area contributed by atoms with Gasteiger partial charge in [0.25, 0.3) is 0 Å². The Labute approximate surface area is 194 Å². The smallest absolute Gasteiger partial charge is 0.408 e. The zero-order valence-corrected chi connectivity index (χ0v) is 19.5. The van der Waals surface area contributed by atoms with Crippen LogP contribution in [0.3, 0.4) is 0 Å². The Hall–Kier alpha value is -2.98. The number of carbonyl (C=O) groups excluding carboxylic acids is 2. The van der Waals surface area contributed by atoms with Crippen LogP contribution in [0.15, 0.2) is 54.9 Å². The van der Waals surface area contributed by atoms with Crippen LogP contribution in [0.2, 0.25) is 0 Å². The van der Waals surface area contributed by atoms with Crippen molar-refractivity contribution < 1.29 is 22.7 Å². The number of ether oxygens (including phenoxy) is 1. The Bertz CT molecular complexity index is 1010. The number of nitrogens with zero attached hydrogens (tertiary/aromatic N) is 3. The second-order valence-electron chi connectivity index (χ2n) is 8.14. The number of benzene rings is 1. The first kappa shape index (κ1) is 24.7. The number of pyridine rings is 1. The van der Waals surface area contributed by atoms with E-state index in [0.717, 1.165) is 23.9 Å². The van der Waals surface area contributed by atoms with Gasteiger partial charge in [0.05, 0.1) is 5.75 Å². The van der Waals surface area contributed by atoms with Crippen LogP contribution in [0.5, 0.6) is 0 Å². The summed E-state index contributed by atoms with van der Waals surface area (Å²) in [6.07, 6.45) is 3.91. The Morgan fingerprint density at radius 3 is 2.39 bits per heavy atom. The molecule has 2 heterocycles. The third kappa shape index (κ3) is 8.47. The SMILES string of the molecule is CS(=O)(=O)CCC(NC(=O)OCc1ccccc1)C(=O)N1CCN(Cc2cccnc2)CC1. The van der Waals surface area contributed by atoms with Crippen LogP contribution in [0.1, 0.15) is 17.5 Å². The number of piperazine rings is 1. The van der Waals surface area contributed by atoms with Gasteiger partial charge in [-0.2, -0.15) is 0 Å². The van der Waals surface area contributed by atoms with Gasteiger partial charge in [-0.05, 0) is 23.6 Å². The van der Waals surface area contributed by atoms with E-state index < -0.39 is 22.0 Å². The second kappa shape index (κ2) is 11.8. The highest BCUT2D eigenvalue weighted by Crippen LogP contribution is 2.11. The number of amides is 2. The van der Waals surface area contributed by atoms with Gasteiger partial charge in [0.15, 0.2) is 0 Å². The second-order valence-corrected chi connectivity index (χ2v) is 10.4. The summed E-state index contributed by atoms with van der Waals surface area (Å²) in [5.74, 6) is -0.500. The Morgan fingerprint density at radius 2 is 1.76 bits per heavy atom. The van der Waals surface area contributed by atoms with Crippen LogP contribution in [0, 0.1) is 0 Å². The normalized spacial score (nSPS) is 15.6. The molecule has 2 aromatic rings. The lowest BCUT2D eigenvalue weighted by Gasteiger charge is -2.36. The number of hydrogen-bond donors (Lipinski definition) is 1. The van der Waals surface area contributed by atoms with Crippen molar-refractivity contribution in [1.29, 1.82) is 0 Å². The lowest BCUT2D eigenvalue weighted by Crippen LogP contribution is -2.55. The van der Waals surface area contributed by atoms with E-state index in [1.807, 2.05) is 48.7 Å². The molecule has 9 nitrogen and oxygen atoms in total. The molecule has 1 saturated heterocycles. The lowest BCUT2D eigenvalue weighted by atomic mass is 10.1. The van der Waals surface area contributed by atoms with Gasteiger partial charge in [-0.1, -0.05) is 36.4 Å². The van der Waals surface area contributed by atoms with Crippen LogP contribution in [-0.4, -0.2) is 79.4 Å². The minimum absolute atomic E-state index is 0.00595. The topological polar surface area (TPSA) is 109 Å². The molecule has 178 valence electrons. The molecule has 2 amide bonds. The molecule has 1 unspecified atom stereocenters. The summed E-state index contributed by atoms with van der Waals surface area (Å²) in [5.41, 5.74) is 1.92. The van der Waals surface area contributed by atoms with Gasteiger partial charge in [-0.15, -0.1) is 0 Å². The summed E-state index contributed by atoms with van der Waals surface area (Å²) >= 11 is 0. The number of sulfone groups is 1. The standard InChI is InChI=1S/C23H30N4O5S/c1-33(30,31)15-9-21(25-23(29)32-18-19-6-3-2-4-7-19)22(28)27-13-11-26(12-14-27)17-20-8-5-10-24-16-20/h2-8,10,16,21H,9,11-15,17-18H2,1H3,(H,25,29). The average molecular weight is 475 g/mol. The molecular formula is C23H30N4O5S. The third-order valence-electron chi connectivity index (χ3n) is 5.39. The van der Waals surface area contributed by atoms with E-state index in [-0.39, 0.29) is 24.7 Å². The first-order chi connectivity index (χ1) is 15.8. The molecule has 0 bridgehead atoms. The number of alkyl carbamates (subject to hydrolysis) is 1. The van der Waals surface area contributed by atoms with Crippen LogP contribution in [-0.2, 0) is 32.5 Å². The van der Waals surface area contributed by atoms with Crippen molar-refractivity contribution in [3.8, 4) is 0 Å². The molecule has 33 heavy (non-hydrogen) atoms. The highest BCUT2D eigenvalue weighted by molar-refractivity contribution is 7.90. The largest absolute Gasteiger partial charge is 0.445 e. The molecule has 3 rings (SSSR count). The minimum atomic E-state index is -3.29. The third-order valence-corrected chi connectivity index (χ3v) is 6.37.